The predicted octanol–water partition coefficient (Wildman–Crippen LogP) is 6.52. The van der Waals surface area contributed by atoms with Crippen molar-refractivity contribution < 1.29 is 31.3 Å². The molecule has 1 aliphatic heterocycles. The van der Waals surface area contributed by atoms with Crippen molar-refractivity contribution in [3.8, 4) is 0 Å². The van der Waals surface area contributed by atoms with Crippen LogP contribution in [0, 0.1) is 0 Å². The van der Waals surface area contributed by atoms with E-state index in [-0.39, 0.29) is 10.9 Å². The maximum Gasteiger partial charge on any atom is 0.458 e. The Bertz CT molecular complexity index is 1440. The number of aliphatic hydroxyl groups is 1. The molecule has 3 aromatic carbocycles. The first-order chi connectivity index (χ1) is 19.0. The summed E-state index contributed by atoms with van der Waals surface area (Å²) in [4.78, 5) is 2.12. The molecule has 5 nitrogen and oxygen atoms in total. The molecule has 1 heterocycles. The van der Waals surface area contributed by atoms with Crippen LogP contribution in [-0.4, -0.2) is 40.7 Å². The predicted molar refractivity (Wildman–Crippen MR) is 144 cm³/mol. The van der Waals surface area contributed by atoms with Gasteiger partial charge in [-0.05, 0) is 67.5 Å². The average Bonchev–Trinajstić information content (AvgIpc) is 3.11. The minimum atomic E-state index is -5.75. The van der Waals surface area contributed by atoms with Gasteiger partial charge in [-0.25, -0.2) is 13.3 Å². The van der Waals surface area contributed by atoms with Gasteiger partial charge < -0.3 is 10.0 Å². The number of alkyl halides is 5. The van der Waals surface area contributed by atoms with E-state index in [2.05, 4.69) is 26.1 Å². The summed E-state index contributed by atoms with van der Waals surface area (Å²) in [6.07, 6.45) is -3.19. The van der Waals surface area contributed by atoms with E-state index in [1.165, 1.54) is 7.05 Å². The van der Waals surface area contributed by atoms with Crippen molar-refractivity contribution in [2.24, 2.45) is 4.36 Å². The fraction of sp³-hybridized carbons (Fsp3) is 0.379. The minimum absolute atomic E-state index is 0.0449. The Morgan fingerprint density at radius 2 is 1.43 bits per heavy atom. The van der Waals surface area contributed by atoms with E-state index in [1.54, 1.807) is 0 Å². The molecule has 2 N–H and O–H groups in total. The number of nitrogens with one attached hydrogen (secondary N) is 1. The van der Waals surface area contributed by atoms with Gasteiger partial charge in [0, 0.05) is 30.0 Å². The molecule has 1 fully saturated rings. The smallest absolute Gasteiger partial charge is 0.389 e. The lowest BCUT2D eigenvalue weighted by Gasteiger charge is -2.43. The molecule has 4 unspecified atom stereocenters. The number of hydrogen-bond acceptors (Lipinski definition) is 4. The fourth-order valence-corrected chi connectivity index (χ4v) is 7.31. The van der Waals surface area contributed by atoms with E-state index >= 15 is 0 Å². The van der Waals surface area contributed by atoms with Crippen LogP contribution < -0.4 is 9.62 Å². The number of aliphatic hydroxyl groups excluding tert-OH is 1. The highest BCUT2D eigenvalue weighted by Crippen LogP contribution is 2.44. The number of halogens is 5. The van der Waals surface area contributed by atoms with E-state index in [1.807, 2.05) is 36.4 Å². The molecule has 11 heteroatoms. The van der Waals surface area contributed by atoms with Crippen LogP contribution in [0.3, 0.4) is 0 Å². The van der Waals surface area contributed by atoms with Crippen LogP contribution >= 0.6 is 0 Å². The lowest BCUT2D eigenvalue weighted by molar-refractivity contribution is -0.289. The Hall–Kier alpha value is -3.02. The van der Waals surface area contributed by atoms with Crippen molar-refractivity contribution in [1.29, 1.82) is 0 Å². The maximum absolute atomic E-state index is 13.8. The first kappa shape index (κ1) is 28.5. The number of benzene rings is 3. The van der Waals surface area contributed by atoms with Gasteiger partial charge in [0.1, 0.15) is 9.92 Å². The third-order valence-electron chi connectivity index (χ3n) is 7.78. The quantitative estimate of drug-likeness (QED) is 0.339. The molecule has 1 aliphatic carbocycles. The van der Waals surface area contributed by atoms with E-state index in [9.17, 15) is 31.3 Å². The molecule has 214 valence electrons. The van der Waals surface area contributed by atoms with Crippen LogP contribution in [-0.2, 0) is 28.7 Å². The monoisotopic (exact) mass is 579 g/mol. The topological polar surface area (TPSA) is 64.9 Å². The Kier molecular flexibility index (Phi) is 7.66. The second-order valence-electron chi connectivity index (χ2n) is 10.1. The van der Waals surface area contributed by atoms with E-state index in [4.69, 9.17) is 0 Å². The number of para-hydroxylation sites is 2. The molecule has 0 saturated heterocycles. The largest absolute Gasteiger partial charge is 0.458 e. The van der Waals surface area contributed by atoms with Crippen LogP contribution in [0.25, 0.3) is 0 Å². The molecule has 4 atom stereocenters. The Labute approximate surface area is 230 Å². The highest BCUT2D eigenvalue weighted by atomic mass is 32.2. The molecular formula is C29H30F5N3O2S. The first-order valence-corrected chi connectivity index (χ1v) is 14.6. The molecule has 0 amide bonds. The average molecular weight is 580 g/mol. The normalized spacial score (nSPS) is 23.0. The van der Waals surface area contributed by atoms with Gasteiger partial charge >= 0.3 is 12.1 Å². The fourth-order valence-electron chi connectivity index (χ4n) is 5.68. The molecule has 0 radical (unpaired) electrons. The molecule has 2 aliphatic rings. The summed E-state index contributed by atoms with van der Waals surface area (Å²) < 4.78 is 86.7. The summed E-state index contributed by atoms with van der Waals surface area (Å²) in [7, 11) is -2.17. The van der Waals surface area contributed by atoms with Crippen LogP contribution in [0.2, 0.25) is 0 Å². The SMILES string of the molecule is CN=S(=O)(NC1CCCC(N2c3ccccc3CCc3ccccc32)C1O)c1ccc(C(F)(F)C(F)(F)F)cc1. The van der Waals surface area contributed by atoms with Crippen molar-refractivity contribution in [3.05, 3.63) is 89.5 Å². The van der Waals surface area contributed by atoms with Crippen molar-refractivity contribution in [3.63, 3.8) is 0 Å². The van der Waals surface area contributed by atoms with Crippen molar-refractivity contribution in [2.45, 2.75) is 67.3 Å². The standard InChI is InChI=1S/C29H30F5N3O2S/c1-35-40(39,22-17-15-21(16-18-22)28(30,31)29(32,33)34)36-23-9-6-12-26(27(23)38)37-24-10-4-2-7-19(24)13-14-20-8-3-5-11-25(20)37/h2-5,7-8,10-11,15-18,23,26-27,38H,6,9,12-14H2,1H3,(H,35,36,39). The lowest BCUT2D eigenvalue weighted by atomic mass is 9.86. The number of fused-ring (bicyclic) bond motifs is 2. The van der Waals surface area contributed by atoms with Gasteiger partial charge in [0.15, 0.2) is 0 Å². The van der Waals surface area contributed by atoms with Gasteiger partial charge in [0.2, 0.25) is 0 Å². The molecule has 1 saturated carbocycles. The molecule has 0 bridgehead atoms. The summed E-state index contributed by atoms with van der Waals surface area (Å²) >= 11 is 0. The summed E-state index contributed by atoms with van der Waals surface area (Å²) in [5, 5.41) is 11.7. The summed E-state index contributed by atoms with van der Waals surface area (Å²) in [5.41, 5.74) is 3.06. The molecule has 40 heavy (non-hydrogen) atoms. The van der Waals surface area contributed by atoms with Gasteiger partial charge in [0.25, 0.3) is 0 Å². The number of rotatable bonds is 5. The van der Waals surface area contributed by atoms with Gasteiger partial charge in [-0.1, -0.05) is 48.5 Å². The van der Waals surface area contributed by atoms with Crippen molar-refractivity contribution in [1.82, 2.24) is 4.72 Å². The third kappa shape index (κ3) is 5.10. The van der Waals surface area contributed by atoms with E-state index in [0.717, 1.165) is 47.5 Å². The third-order valence-corrected chi connectivity index (χ3v) is 9.83. The molecule has 0 spiro atoms. The van der Waals surface area contributed by atoms with Crippen LogP contribution in [0.1, 0.15) is 36.0 Å². The minimum Gasteiger partial charge on any atom is -0.389 e. The second-order valence-corrected chi connectivity index (χ2v) is 12.3. The van der Waals surface area contributed by atoms with Crippen LogP contribution in [0.4, 0.5) is 33.3 Å². The zero-order valence-corrected chi connectivity index (χ0v) is 22.6. The van der Waals surface area contributed by atoms with E-state index < -0.39 is 39.7 Å². The summed E-state index contributed by atoms with van der Waals surface area (Å²) in [6, 6.07) is 18.2. The van der Waals surface area contributed by atoms with Crippen molar-refractivity contribution >= 4 is 21.3 Å². The number of nitrogens with zero attached hydrogens (tertiary/aromatic N) is 2. The highest BCUT2D eigenvalue weighted by molar-refractivity contribution is 7.91. The highest BCUT2D eigenvalue weighted by Gasteiger charge is 2.58. The Morgan fingerprint density at radius 3 is 1.95 bits per heavy atom. The Balaban J connectivity index is 1.45. The lowest BCUT2D eigenvalue weighted by Crippen LogP contribution is -2.55. The van der Waals surface area contributed by atoms with Crippen molar-refractivity contribution in [2.75, 3.05) is 11.9 Å². The van der Waals surface area contributed by atoms with Gasteiger partial charge in [-0.15, -0.1) is 0 Å². The van der Waals surface area contributed by atoms with E-state index in [0.29, 0.717) is 31.4 Å². The molecule has 3 aromatic rings. The zero-order chi connectivity index (χ0) is 28.7. The summed E-state index contributed by atoms with van der Waals surface area (Å²) in [5.74, 6) is -5.05. The summed E-state index contributed by atoms with van der Waals surface area (Å²) in [6.45, 7) is 0. The van der Waals surface area contributed by atoms with Crippen LogP contribution in [0.15, 0.2) is 82.1 Å². The van der Waals surface area contributed by atoms with Crippen LogP contribution in [0.5, 0.6) is 0 Å². The molecule has 5 rings (SSSR count). The molecule has 0 aromatic heterocycles. The van der Waals surface area contributed by atoms with Gasteiger partial charge in [0.05, 0.1) is 17.0 Å². The van der Waals surface area contributed by atoms with Gasteiger partial charge in [-0.2, -0.15) is 22.0 Å². The second kappa shape index (κ2) is 10.8. The zero-order valence-electron chi connectivity index (χ0n) is 21.7. The first-order valence-electron chi connectivity index (χ1n) is 13.1. The Morgan fingerprint density at radius 1 is 0.875 bits per heavy atom. The number of anilines is 2. The van der Waals surface area contributed by atoms with Gasteiger partial charge in [-0.3, -0.25) is 0 Å². The number of hydrogen-bond donors (Lipinski definition) is 2. The maximum atomic E-state index is 13.8. The molecular weight excluding hydrogens is 549 g/mol. The number of aryl methyl sites for hydroxylation is 2.